The molecule has 2 aromatic rings. The van der Waals surface area contributed by atoms with Gasteiger partial charge in [-0.15, -0.1) is 17.9 Å². The van der Waals surface area contributed by atoms with Crippen molar-refractivity contribution in [2.24, 2.45) is 0 Å². The van der Waals surface area contributed by atoms with Gasteiger partial charge in [-0.1, -0.05) is 29.8 Å². The Bertz CT molecular complexity index is 821. The molecule has 1 aromatic heterocycles. The van der Waals surface area contributed by atoms with Crippen LogP contribution >= 0.6 is 22.9 Å². The average molecular weight is 391 g/mol. The molecule has 1 aromatic carbocycles. The van der Waals surface area contributed by atoms with Crippen LogP contribution in [-0.2, 0) is 16.1 Å². The second-order valence-electron chi connectivity index (χ2n) is 5.82. The molecule has 0 bridgehead atoms. The van der Waals surface area contributed by atoms with E-state index < -0.39 is 0 Å². The highest BCUT2D eigenvalue weighted by Crippen LogP contribution is 2.31. The van der Waals surface area contributed by atoms with Crippen LogP contribution in [0, 0.1) is 0 Å². The molecule has 0 atom stereocenters. The van der Waals surface area contributed by atoms with Gasteiger partial charge in [-0.25, -0.2) is 0 Å². The van der Waals surface area contributed by atoms with Gasteiger partial charge < -0.3 is 14.5 Å². The zero-order chi connectivity index (χ0) is 18.5. The maximum absolute atomic E-state index is 12.7. The van der Waals surface area contributed by atoms with Crippen LogP contribution in [0.1, 0.15) is 11.3 Å². The number of anilines is 1. The maximum Gasteiger partial charge on any atom is 0.265 e. The van der Waals surface area contributed by atoms with E-state index in [1.54, 1.807) is 15.9 Å². The fraction of sp³-hybridized carbons (Fsp3) is 0.263. The Morgan fingerprint density at radius 2 is 2.15 bits per heavy atom. The van der Waals surface area contributed by atoms with E-state index in [1.165, 1.54) is 11.3 Å². The molecule has 0 aliphatic carbocycles. The summed E-state index contributed by atoms with van der Waals surface area (Å²) in [4.78, 5) is 29.2. The van der Waals surface area contributed by atoms with E-state index in [0.29, 0.717) is 35.4 Å². The number of hydrogen-bond donors (Lipinski definition) is 0. The van der Waals surface area contributed by atoms with Crippen LogP contribution in [0.15, 0.2) is 49.1 Å². The number of carbonyl (C=O) groups excluding carboxylic acids is 2. The molecule has 2 amide bonds. The summed E-state index contributed by atoms with van der Waals surface area (Å²) in [6.45, 7) is 4.96. The lowest BCUT2D eigenvalue weighted by Crippen LogP contribution is -2.41. The first-order valence-corrected chi connectivity index (χ1v) is 9.43. The average Bonchev–Trinajstić information content (AvgIpc) is 3.05. The van der Waals surface area contributed by atoms with Crippen LogP contribution in [0.3, 0.4) is 0 Å². The third-order valence-corrected chi connectivity index (χ3v) is 5.25. The predicted octanol–water partition coefficient (Wildman–Crippen LogP) is 3.73. The molecule has 136 valence electrons. The largest absolute Gasteiger partial charge is 0.482 e. The number of para-hydroxylation sites is 2. The van der Waals surface area contributed by atoms with Crippen molar-refractivity contribution in [3.05, 3.63) is 58.3 Å². The molecule has 0 saturated heterocycles. The number of halogens is 1. The Balaban J connectivity index is 1.66. The lowest BCUT2D eigenvalue weighted by molar-refractivity contribution is -0.131. The lowest BCUT2D eigenvalue weighted by Gasteiger charge is -2.30. The molecule has 7 heteroatoms. The number of benzene rings is 1. The number of thiophene rings is 1. The van der Waals surface area contributed by atoms with Crippen molar-refractivity contribution >= 4 is 40.4 Å². The molecule has 0 N–H and O–H groups in total. The lowest BCUT2D eigenvalue weighted by atomic mass is 10.2. The SMILES string of the molecule is C=CCN(Cc1ccc(Cl)s1)C(=O)CCN1C(=O)COc2ccccc21. The highest BCUT2D eigenvalue weighted by atomic mass is 35.5. The summed E-state index contributed by atoms with van der Waals surface area (Å²) in [5.74, 6) is 0.485. The van der Waals surface area contributed by atoms with Crippen molar-refractivity contribution in [1.82, 2.24) is 4.90 Å². The van der Waals surface area contributed by atoms with E-state index >= 15 is 0 Å². The first-order valence-electron chi connectivity index (χ1n) is 8.23. The summed E-state index contributed by atoms with van der Waals surface area (Å²) < 4.78 is 6.13. The molecule has 0 unspecified atom stereocenters. The molecule has 0 radical (unpaired) electrons. The van der Waals surface area contributed by atoms with Crippen LogP contribution in [0.4, 0.5) is 5.69 Å². The molecule has 5 nitrogen and oxygen atoms in total. The summed E-state index contributed by atoms with van der Waals surface area (Å²) in [5.41, 5.74) is 0.705. The van der Waals surface area contributed by atoms with Crippen LogP contribution < -0.4 is 9.64 Å². The highest BCUT2D eigenvalue weighted by molar-refractivity contribution is 7.16. The van der Waals surface area contributed by atoms with Crippen molar-refractivity contribution in [3.63, 3.8) is 0 Å². The highest BCUT2D eigenvalue weighted by Gasteiger charge is 2.26. The summed E-state index contributed by atoms with van der Waals surface area (Å²) in [7, 11) is 0. The number of carbonyl (C=O) groups is 2. The molecular formula is C19H19ClN2O3S. The van der Waals surface area contributed by atoms with E-state index in [9.17, 15) is 9.59 Å². The van der Waals surface area contributed by atoms with Crippen LogP contribution in [0.25, 0.3) is 0 Å². The molecule has 3 rings (SSSR count). The van der Waals surface area contributed by atoms with Gasteiger partial charge in [-0.3, -0.25) is 9.59 Å². The monoisotopic (exact) mass is 390 g/mol. The number of fused-ring (bicyclic) bond motifs is 1. The van der Waals surface area contributed by atoms with Crippen molar-refractivity contribution < 1.29 is 14.3 Å². The van der Waals surface area contributed by atoms with Gasteiger partial charge in [0, 0.05) is 24.4 Å². The first-order chi connectivity index (χ1) is 12.6. The van der Waals surface area contributed by atoms with E-state index in [1.807, 2.05) is 36.4 Å². The van der Waals surface area contributed by atoms with Crippen LogP contribution in [0.5, 0.6) is 5.75 Å². The Morgan fingerprint density at radius 1 is 1.35 bits per heavy atom. The second-order valence-corrected chi connectivity index (χ2v) is 7.62. The first kappa shape index (κ1) is 18.5. The van der Waals surface area contributed by atoms with Gasteiger partial charge in [0.1, 0.15) is 5.75 Å². The van der Waals surface area contributed by atoms with E-state index in [4.69, 9.17) is 16.3 Å². The van der Waals surface area contributed by atoms with Gasteiger partial charge in [0.05, 0.1) is 16.6 Å². The van der Waals surface area contributed by atoms with Gasteiger partial charge in [0.2, 0.25) is 5.91 Å². The maximum atomic E-state index is 12.7. The third-order valence-electron chi connectivity index (χ3n) is 4.04. The van der Waals surface area contributed by atoms with Crippen LogP contribution in [0.2, 0.25) is 4.34 Å². The minimum absolute atomic E-state index is 0.00469. The summed E-state index contributed by atoms with van der Waals surface area (Å²) in [5, 5.41) is 0. The van der Waals surface area contributed by atoms with Gasteiger partial charge in [-0.05, 0) is 24.3 Å². The van der Waals surface area contributed by atoms with E-state index in [2.05, 4.69) is 6.58 Å². The Morgan fingerprint density at radius 3 is 2.88 bits per heavy atom. The van der Waals surface area contributed by atoms with Crippen molar-refractivity contribution in [2.45, 2.75) is 13.0 Å². The van der Waals surface area contributed by atoms with Gasteiger partial charge in [0.15, 0.2) is 6.61 Å². The topological polar surface area (TPSA) is 49.9 Å². The standard InChI is InChI=1S/C19H19ClN2O3S/c1-2-10-21(12-14-7-8-17(20)26-14)18(23)9-11-22-15-5-3-4-6-16(15)25-13-19(22)24/h2-8H,1,9-13H2. The minimum Gasteiger partial charge on any atom is -0.482 e. The molecule has 1 aliphatic rings. The smallest absolute Gasteiger partial charge is 0.265 e. The fourth-order valence-electron chi connectivity index (χ4n) is 2.80. The Hall–Kier alpha value is -2.31. The molecule has 26 heavy (non-hydrogen) atoms. The van der Waals surface area contributed by atoms with Gasteiger partial charge in [-0.2, -0.15) is 0 Å². The number of nitrogens with zero attached hydrogens (tertiary/aromatic N) is 2. The summed E-state index contributed by atoms with van der Waals surface area (Å²) in [6.07, 6.45) is 1.93. The number of hydrogen-bond acceptors (Lipinski definition) is 4. The van der Waals surface area contributed by atoms with Crippen molar-refractivity contribution in [2.75, 3.05) is 24.6 Å². The zero-order valence-corrected chi connectivity index (χ0v) is 15.8. The summed E-state index contributed by atoms with van der Waals surface area (Å²) >= 11 is 7.42. The molecule has 0 spiro atoms. The number of rotatable bonds is 7. The normalized spacial score (nSPS) is 13.1. The molecule has 1 aliphatic heterocycles. The quantitative estimate of drug-likeness (QED) is 0.677. The van der Waals surface area contributed by atoms with E-state index in [0.717, 1.165) is 4.88 Å². The second kappa shape index (κ2) is 8.38. The molecule has 2 heterocycles. The van der Waals surface area contributed by atoms with Gasteiger partial charge in [0.25, 0.3) is 5.91 Å². The zero-order valence-electron chi connectivity index (χ0n) is 14.2. The Labute approximate surface area is 161 Å². The van der Waals surface area contributed by atoms with Crippen molar-refractivity contribution in [3.8, 4) is 5.75 Å². The van der Waals surface area contributed by atoms with Gasteiger partial charge >= 0.3 is 0 Å². The number of ether oxygens (including phenoxy) is 1. The molecule has 0 saturated carbocycles. The summed E-state index contributed by atoms with van der Waals surface area (Å²) in [6, 6.07) is 11.1. The van der Waals surface area contributed by atoms with Crippen LogP contribution in [-0.4, -0.2) is 36.4 Å². The molecular weight excluding hydrogens is 372 g/mol. The fourth-order valence-corrected chi connectivity index (χ4v) is 3.90. The molecule has 0 fully saturated rings. The van der Waals surface area contributed by atoms with E-state index in [-0.39, 0.29) is 24.8 Å². The third kappa shape index (κ3) is 4.26. The number of amides is 2. The minimum atomic E-state index is -0.142. The predicted molar refractivity (Wildman–Crippen MR) is 104 cm³/mol. The Kier molecular flexibility index (Phi) is 5.96. The van der Waals surface area contributed by atoms with Crippen molar-refractivity contribution in [1.29, 1.82) is 0 Å².